The molecule has 1 aromatic heterocycles. The van der Waals surface area contributed by atoms with Gasteiger partial charge in [0.2, 0.25) is 0 Å². The second-order valence-corrected chi connectivity index (χ2v) is 4.09. The van der Waals surface area contributed by atoms with Gasteiger partial charge in [0.15, 0.2) is 0 Å². The highest BCUT2D eigenvalue weighted by atomic mass is 35.5. The van der Waals surface area contributed by atoms with E-state index in [1.165, 1.54) is 0 Å². The van der Waals surface area contributed by atoms with Gasteiger partial charge in [-0.05, 0) is 25.1 Å². The first-order valence-electron chi connectivity index (χ1n) is 5.13. The van der Waals surface area contributed by atoms with Crippen molar-refractivity contribution < 1.29 is 4.52 Å². The zero-order valence-corrected chi connectivity index (χ0v) is 9.79. The summed E-state index contributed by atoms with van der Waals surface area (Å²) in [5.41, 5.74) is 8.25. The minimum atomic E-state index is 0.559. The molecule has 2 N–H and O–H groups in total. The maximum Gasteiger partial charge on any atom is 0.138 e. The van der Waals surface area contributed by atoms with Gasteiger partial charge in [-0.25, -0.2) is 0 Å². The zero-order valence-electron chi connectivity index (χ0n) is 9.03. The monoisotopic (exact) mass is 236 g/mol. The van der Waals surface area contributed by atoms with Crippen LogP contribution in [0.2, 0.25) is 5.02 Å². The molecule has 0 saturated carbocycles. The summed E-state index contributed by atoms with van der Waals surface area (Å²) >= 11 is 6.05. The van der Waals surface area contributed by atoms with E-state index in [4.69, 9.17) is 21.9 Å². The number of aryl methyl sites for hydroxylation is 1. The second kappa shape index (κ2) is 4.68. The van der Waals surface area contributed by atoms with Crippen LogP contribution in [0.3, 0.4) is 0 Å². The Hall–Kier alpha value is -1.32. The molecule has 0 fully saturated rings. The number of hydrogen-bond acceptors (Lipinski definition) is 3. The van der Waals surface area contributed by atoms with E-state index < -0.39 is 0 Å². The molecule has 84 valence electrons. The Balaban J connectivity index is 2.31. The average Bonchev–Trinajstić information content (AvgIpc) is 2.71. The van der Waals surface area contributed by atoms with Gasteiger partial charge in [-0.2, -0.15) is 0 Å². The standard InChI is InChI=1S/C12H13ClN2O/c1-8-2-3-9(6-11(8)13)12-7-10(4-5-14)16-15-12/h2-3,6-7H,4-5,14H2,1H3. The third-order valence-electron chi connectivity index (χ3n) is 2.42. The van der Waals surface area contributed by atoms with E-state index in [0.717, 1.165) is 27.6 Å². The third kappa shape index (κ3) is 2.26. The number of rotatable bonds is 3. The van der Waals surface area contributed by atoms with E-state index in [0.29, 0.717) is 13.0 Å². The van der Waals surface area contributed by atoms with Crippen LogP contribution in [0, 0.1) is 6.92 Å². The molecule has 0 spiro atoms. The van der Waals surface area contributed by atoms with Crippen molar-refractivity contribution in [3.63, 3.8) is 0 Å². The molecule has 1 heterocycles. The van der Waals surface area contributed by atoms with Gasteiger partial charge >= 0.3 is 0 Å². The lowest BCUT2D eigenvalue weighted by Crippen LogP contribution is -2.01. The van der Waals surface area contributed by atoms with Crippen molar-refractivity contribution in [2.45, 2.75) is 13.3 Å². The highest BCUT2D eigenvalue weighted by molar-refractivity contribution is 6.31. The summed E-state index contributed by atoms with van der Waals surface area (Å²) in [4.78, 5) is 0. The molecular formula is C12H13ClN2O. The second-order valence-electron chi connectivity index (χ2n) is 3.68. The first-order chi connectivity index (χ1) is 7.70. The molecule has 0 aliphatic heterocycles. The number of nitrogens with zero attached hydrogens (tertiary/aromatic N) is 1. The highest BCUT2D eigenvalue weighted by Crippen LogP contribution is 2.24. The van der Waals surface area contributed by atoms with Gasteiger partial charge in [-0.15, -0.1) is 0 Å². The SMILES string of the molecule is Cc1ccc(-c2cc(CCN)on2)cc1Cl. The fourth-order valence-electron chi connectivity index (χ4n) is 1.46. The molecule has 0 bridgehead atoms. The quantitative estimate of drug-likeness (QED) is 0.892. The van der Waals surface area contributed by atoms with Crippen LogP contribution in [0.25, 0.3) is 11.3 Å². The minimum absolute atomic E-state index is 0.559. The van der Waals surface area contributed by atoms with Crippen molar-refractivity contribution >= 4 is 11.6 Å². The van der Waals surface area contributed by atoms with E-state index in [-0.39, 0.29) is 0 Å². The Morgan fingerprint density at radius 1 is 1.38 bits per heavy atom. The molecule has 4 heteroatoms. The van der Waals surface area contributed by atoms with Crippen LogP contribution in [-0.4, -0.2) is 11.7 Å². The van der Waals surface area contributed by atoms with E-state index in [1.807, 2.05) is 31.2 Å². The molecule has 16 heavy (non-hydrogen) atoms. The summed E-state index contributed by atoms with van der Waals surface area (Å²) in [6.45, 7) is 2.53. The van der Waals surface area contributed by atoms with Gasteiger partial charge in [0.25, 0.3) is 0 Å². The fourth-order valence-corrected chi connectivity index (χ4v) is 1.64. The number of aromatic nitrogens is 1. The first-order valence-corrected chi connectivity index (χ1v) is 5.50. The van der Waals surface area contributed by atoms with Crippen molar-refractivity contribution in [3.8, 4) is 11.3 Å². The molecule has 1 aromatic carbocycles. The van der Waals surface area contributed by atoms with Crippen molar-refractivity contribution in [2.24, 2.45) is 5.73 Å². The van der Waals surface area contributed by atoms with Gasteiger partial charge in [-0.1, -0.05) is 28.9 Å². The summed E-state index contributed by atoms with van der Waals surface area (Å²) in [7, 11) is 0. The molecule has 0 aliphatic rings. The first kappa shape index (κ1) is 11.2. The molecule has 2 aromatic rings. The molecule has 0 unspecified atom stereocenters. The summed E-state index contributed by atoms with van der Waals surface area (Å²) in [6.07, 6.45) is 0.701. The molecule has 2 rings (SSSR count). The largest absolute Gasteiger partial charge is 0.361 e. The number of benzene rings is 1. The minimum Gasteiger partial charge on any atom is -0.361 e. The van der Waals surface area contributed by atoms with Crippen LogP contribution in [0.1, 0.15) is 11.3 Å². The van der Waals surface area contributed by atoms with Gasteiger partial charge in [-0.3, -0.25) is 0 Å². The predicted molar refractivity (Wildman–Crippen MR) is 64.4 cm³/mol. The van der Waals surface area contributed by atoms with Crippen molar-refractivity contribution in [1.82, 2.24) is 5.16 Å². The molecule has 3 nitrogen and oxygen atoms in total. The van der Waals surface area contributed by atoms with Crippen molar-refractivity contribution in [3.05, 3.63) is 40.6 Å². The molecular weight excluding hydrogens is 224 g/mol. The zero-order chi connectivity index (χ0) is 11.5. The number of halogens is 1. The Kier molecular flexibility index (Phi) is 3.27. The normalized spacial score (nSPS) is 10.7. The predicted octanol–water partition coefficient (Wildman–Crippen LogP) is 2.80. The maximum atomic E-state index is 6.05. The summed E-state index contributed by atoms with van der Waals surface area (Å²) in [5, 5.41) is 4.72. The molecule has 0 radical (unpaired) electrons. The lowest BCUT2D eigenvalue weighted by atomic mass is 10.1. The Bertz CT molecular complexity index is 494. The summed E-state index contributed by atoms with van der Waals surface area (Å²) in [6, 6.07) is 7.73. The number of nitrogens with two attached hydrogens (primary N) is 1. The van der Waals surface area contributed by atoms with Crippen molar-refractivity contribution in [1.29, 1.82) is 0 Å². The van der Waals surface area contributed by atoms with Crippen LogP contribution >= 0.6 is 11.6 Å². The van der Waals surface area contributed by atoms with Gasteiger partial charge in [0.1, 0.15) is 11.5 Å². The third-order valence-corrected chi connectivity index (χ3v) is 2.82. The fraction of sp³-hybridized carbons (Fsp3) is 0.250. The summed E-state index contributed by atoms with van der Waals surface area (Å²) in [5.74, 6) is 0.800. The smallest absolute Gasteiger partial charge is 0.138 e. The van der Waals surface area contributed by atoms with E-state index in [9.17, 15) is 0 Å². The Morgan fingerprint density at radius 2 is 2.19 bits per heavy atom. The van der Waals surface area contributed by atoms with Gasteiger partial charge < -0.3 is 10.3 Å². The van der Waals surface area contributed by atoms with E-state index in [1.54, 1.807) is 0 Å². The van der Waals surface area contributed by atoms with Gasteiger partial charge in [0, 0.05) is 23.1 Å². The molecule has 0 aliphatic carbocycles. The van der Waals surface area contributed by atoms with Crippen molar-refractivity contribution in [2.75, 3.05) is 6.54 Å². The lowest BCUT2D eigenvalue weighted by Gasteiger charge is -1.99. The van der Waals surface area contributed by atoms with Crippen LogP contribution in [0.4, 0.5) is 0 Å². The summed E-state index contributed by atoms with van der Waals surface area (Å²) < 4.78 is 5.16. The van der Waals surface area contributed by atoms with Crippen LogP contribution in [-0.2, 0) is 6.42 Å². The Labute approximate surface area is 99.2 Å². The van der Waals surface area contributed by atoms with Crippen LogP contribution < -0.4 is 5.73 Å². The lowest BCUT2D eigenvalue weighted by molar-refractivity contribution is 0.386. The molecule has 0 amide bonds. The maximum absolute atomic E-state index is 6.05. The van der Waals surface area contributed by atoms with E-state index >= 15 is 0 Å². The number of hydrogen-bond donors (Lipinski definition) is 1. The van der Waals surface area contributed by atoms with Gasteiger partial charge in [0.05, 0.1) is 0 Å². The topological polar surface area (TPSA) is 52.0 Å². The molecule has 0 atom stereocenters. The average molecular weight is 237 g/mol. The molecule has 0 saturated heterocycles. The van der Waals surface area contributed by atoms with Crippen LogP contribution in [0.15, 0.2) is 28.8 Å². The van der Waals surface area contributed by atoms with Crippen LogP contribution in [0.5, 0.6) is 0 Å². The highest BCUT2D eigenvalue weighted by Gasteiger charge is 2.07. The Morgan fingerprint density at radius 3 is 2.88 bits per heavy atom. The van der Waals surface area contributed by atoms with E-state index in [2.05, 4.69) is 5.16 Å².